The first-order chi connectivity index (χ1) is 15.0. The molecule has 7 nitrogen and oxygen atoms in total. The Hall–Kier alpha value is -4.52. The molecule has 3 aromatic rings. The molecular formula is C24H17N3O4. The van der Waals surface area contributed by atoms with E-state index in [4.69, 9.17) is 0 Å². The SMILES string of the molecule is O=C(C=Cc1ccccc1)Nc1cccc(C(=O)NN2C(=O)c3ccccc3C2=O)c1. The Labute approximate surface area is 178 Å². The van der Waals surface area contributed by atoms with Crippen molar-refractivity contribution in [2.75, 3.05) is 5.32 Å². The van der Waals surface area contributed by atoms with Crippen molar-refractivity contribution in [2.45, 2.75) is 0 Å². The van der Waals surface area contributed by atoms with Crippen molar-refractivity contribution >= 4 is 35.4 Å². The lowest BCUT2D eigenvalue weighted by molar-refractivity contribution is -0.111. The molecule has 0 bridgehead atoms. The number of hydrogen-bond donors (Lipinski definition) is 2. The zero-order valence-electron chi connectivity index (χ0n) is 16.2. The molecule has 4 rings (SSSR count). The molecule has 0 radical (unpaired) electrons. The van der Waals surface area contributed by atoms with Crippen LogP contribution in [0.4, 0.5) is 5.69 Å². The van der Waals surface area contributed by atoms with Gasteiger partial charge in [-0.2, -0.15) is 5.01 Å². The third-order valence-electron chi connectivity index (χ3n) is 4.63. The lowest BCUT2D eigenvalue weighted by atomic mass is 10.1. The maximum atomic E-state index is 12.6. The van der Waals surface area contributed by atoms with Gasteiger partial charge in [0.15, 0.2) is 0 Å². The highest BCUT2D eigenvalue weighted by Crippen LogP contribution is 2.21. The molecule has 0 unspecified atom stereocenters. The van der Waals surface area contributed by atoms with Gasteiger partial charge in [0.2, 0.25) is 5.91 Å². The Bertz CT molecular complexity index is 1180. The molecule has 0 saturated heterocycles. The molecule has 1 heterocycles. The fourth-order valence-corrected chi connectivity index (χ4v) is 3.12. The number of carbonyl (C=O) groups is 4. The summed E-state index contributed by atoms with van der Waals surface area (Å²) in [5.41, 5.74) is 4.27. The van der Waals surface area contributed by atoms with E-state index in [9.17, 15) is 19.2 Å². The standard InChI is InChI=1S/C24H17N3O4/c28-21(14-13-16-7-2-1-3-8-16)25-18-10-6-9-17(15-18)22(29)26-27-23(30)19-11-4-5-12-20(19)24(27)31/h1-15H,(H,25,28)(H,26,29). The average Bonchev–Trinajstić information content (AvgIpc) is 3.03. The molecule has 0 saturated carbocycles. The molecule has 0 fully saturated rings. The third kappa shape index (κ3) is 4.25. The second kappa shape index (κ2) is 8.46. The summed E-state index contributed by atoms with van der Waals surface area (Å²) in [6.07, 6.45) is 3.06. The molecular weight excluding hydrogens is 394 g/mol. The molecule has 1 aliphatic heterocycles. The Kier molecular flexibility index (Phi) is 5.40. The van der Waals surface area contributed by atoms with Gasteiger partial charge in [0.25, 0.3) is 17.7 Å². The number of hydrogen-bond acceptors (Lipinski definition) is 4. The summed E-state index contributed by atoms with van der Waals surface area (Å²) in [5, 5.41) is 3.37. The number of benzene rings is 3. The van der Waals surface area contributed by atoms with E-state index in [1.807, 2.05) is 30.3 Å². The monoisotopic (exact) mass is 411 g/mol. The predicted octanol–water partition coefficient (Wildman–Crippen LogP) is 3.28. The number of amides is 4. The molecule has 0 spiro atoms. The van der Waals surface area contributed by atoms with Crippen molar-refractivity contribution in [2.24, 2.45) is 0 Å². The van der Waals surface area contributed by atoms with Crippen LogP contribution in [0.3, 0.4) is 0 Å². The summed E-state index contributed by atoms with van der Waals surface area (Å²) >= 11 is 0. The minimum Gasteiger partial charge on any atom is -0.322 e. The van der Waals surface area contributed by atoms with Crippen LogP contribution in [0, 0.1) is 0 Å². The maximum Gasteiger partial charge on any atom is 0.280 e. The quantitative estimate of drug-likeness (QED) is 0.498. The van der Waals surface area contributed by atoms with Crippen LogP contribution in [0.25, 0.3) is 6.08 Å². The maximum absolute atomic E-state index is 12.6. The first-order valence-electron chi connectivity index (χ1n) is 9.46. The second-order valence-electron chi connectivity index (χ2n) is 6.75. The Morgan fingerprint density at radius 2 is 1.42 bits per heavy atom. The van der Waals surface area contributed by atoms with E-state index in [0.717, 1.165) is 5.56 Å². The first-order valence-corrected chi connectivity index (χ1v) is 9.46. The number of nitrogens with zero attached hydrogens (tertiary/aromatic N) is 1. The summed E-state index contributed by atoms with van der Waals surface area (Å²) < 4.78 is 0. The van der Waals surface area contributed by atoms with Gasteiger partial charge < -0.3 is 5.32 Å². The van der Waals surface area contributed by atoms with E-state index in [0.29, 0.717) is 10.7 Å². The normalized spacial score (nSPS) is 12.7. The van der Waals surface area contributed by atoms with Gasteiger partial charge in [0, 0.05) is 17.3 Å². The van der Waals surface area contributed by atoms with Crippen LogP contribution in [0.15, 0.2) is 84.9 Å². The fourth-order valence-electron chi connectivity index (χ4n) is 3.12. The zero-order chi connectivity index (χ0) is 21.8. The van der Waals surface area contributed by atoms with E-state index < -0.39 is 17.7 Å². The van der Waals surface area contributed by atoms with Crippen molar-refractivity contribution in [1.82, 2.24) is 10.4 Å². The number of hydrazine groups is 1. The highest BCUT2D eigenvalue weighted by Gasteiger charge is 2.36. The van der Waals surface area contributed by atoms with Crippen LogP contribution in [-0.4, -0.2) is 28.6 Å². The lowest BCUT2D eigenvalue weighted by Crippen LogP contribution is -2.45. The summed E-state index contributed by atoms with van der Waals surface area (Å²) in [7, 11) is 0. The van der Waals surface area contributed by atoms with Gasteiger partial charge in [0.05, 0.1) is 11.1 Å². The molecule has 0 aromatic heterocycles. The van der Waals surface area contributed by atoms with E-state index in [-0.39, 0.29) is 22.6 Å². The van der Waals surface area contributed by atoms with Gasteiger partial charge in [-0.15, -0.1) is 0 Å². The molecule has 31 heavy (non-hydrogen) atoms. The summed E-state index contributed by atoms with van der Waals surface area (Å²) in [5.74, 6) is -2.19. The number of nitrogens with one attached hydrogen (secondary N) is 2. The van der Waals surface area contributed by atoms with Crippen LogP contribution >= 0.6 is 0 Å². The first kappa shape index (κ1) is 19.8. The van der Waals surface area contributed by atoms with Gasteiger partial charge in [-0.3, -0.25) is 24.6 Å². The van der Waals surface area contributed by atoms with Crippen LogP contribution in [0.2, 0.25) is 0 Å². The van der Waals surface area contributed by atoms with Crippen LogP contribution in [0.5, 0.6) is 0 Å². The number of fused-ring (bicyclic) bond motifs is 1. The van der Waals surface area contributed by atoms with Gasteiger partial charge in [-0.1, -0.05) is 48.5 Å². The smallest absolute Gasteiger partial charge is 0.280 e. The van der Waals surface area contributed by atoms with Crippen molar-refractivity contribution in [3.05, 3.63) is 107 Å². The third-order valence-corrected chi connectivity index (χ3v) is 4.63. The van der Waals surface area contributed by atoms with Crippen LogP contribution in [0.1, 0.15) is 36.6 Å². The largest absolute Gasteiger partial charge is 0.322 e. The number of imide groups is 1. The van der Waals surface area contributed by atoms with Crippen molar-refractivity contribution in [3.8, 4) is 0 Å². The van der Waals surface area contributed by atoms with Crippen LogP contribution < -0.4 is 10.7 Å². The number of anilines is 1. The minimum atomic E-state index is -0.648. The summed E-state index contributed by atoms with van der Waals surface area (Å²) in [6.45, 7) is 0. The Balaban J connectivity index is 1.43. The van der Waals surface area contributed by atoms with E-state index in [1.165, 1.54) is 30.3 Å². The molecule has 2 N–H and O–H groups in total. The Morgan fingerprint density at radius 1 is 0.774 bits per heavy atom. The van der Waals surface area contributed by atoms with Crippen LogP contribution in [-0.2, 0) is 4.79 Å². The molecule has 0 aliphatic carbocycles. The fraction of sp³-hybridized carbons (Fsp3) is 0. The van der Waals surface area contributed by atoms with E-state index in [1.54, 1.807) is 30.3 Å². The van der Waals surface area contributed by atoms with E-state index in [2.05, 4.69) is 10.7 Å². The highest BCUT2D eigenvalue weighted by molar-refractivity contribution is 6.22. The molecule has 4 amide bonds. The molecule has 152 valence electrons. The van der Waals surface area contributed by atoms with Crippen molar-refractivity contribution in [1.29, 1.82) is 0 Å². The predicted molar refractivity (Wildman–Crippen MR) is 115 cm³/mol. The number of rotatable bonds is 5. The van der Waals surface area contributed by atoms with Gasteiger partial charge in [-0.25, -0.2) is 0 Å². The molecule has 3 aromatic carbocycles. The minimum absolute atomic E-state index is 0.182. The van der Waals surface area contributed by atoms with Gasteiger partial charge >= 0.3 is 0 Å². The molecule has 7 heteroatoms. The Morgan fingerprint density at radius 3 is 2.10 bits per heavy atom. The summed E-state index contributed by atoms with van der Waals surface area (Å²) in [6, 6.07) is 21.9. The van der Waals surface area contributed by atoms with Gasteiger partial charge in [-0.05, 0) is 42.0 Å². The molecule has 0 atom stereocenters. The van der Waals surface area contributed by atoms with Gasteiger partial charge in [0.1, 0.15) is 0 Å². The van der Waals surface area contributed by atoms with E-state index >= 15 is 0 Å². The lowest BCUT2D eigenvalue weighted by Gasteiger charge is -2.15. The topological polar surface area (TPSA) is 95.6 Å². The summed E-state index contributed by atoms with van der Waals surface area (Å²) in [4.78, 5) is 49.6. The number of carbonyl (C=O) groups excluding carboxylic acids is 4. The zero-order valence-corrected chi connectivity index (χ0v) is 16.2. The molecule has 1 aliphatic rings. The van der Waals surface area contributed by atoms with Crippen molar-refractivity contribution in [3.63, 3.8) is 0 Å². The van der Waals surface area contributed by atoms with Crippen molar-refractivity contribution < 1.29 is 19.2 Å². The highest BCUT2D eigenvalue weighted by atomic mass is 16.2. The second-order valence-corrected chi connectivity index (χ2v) is 6.75. The average molecular weight is 411 g/mol.